The van der Waals surface area contributed by atoms with E-state index < -0.39 is 10.0 Å². The summed E-state index contributed by atoms with van der Waals surface area (Å²) < 4.78 is 23.1. The van der Waals surface area contributed by atoms with Crippen LogP contribution >= 0.6 is 11.3 Å². The number of benzene rings is 1. The average molecular weight is 309 g/mol. The van der Waals surface area contributed by atoms with Gasteiger partial charge in [0.25, 0.3) is 0 Å². The Morgan fingerprint density at radius 3 is 2.80 bits per heavy atom. The second-order valence-electron chi connectivity index (χ2n) is 4.77. The van der Waals surface area contributed by atoms with Gasteiger partial charge < -0.3 is 10.6 Å². The highest BCUT2D eigenvalue weighted by Crippen LogP contribution is 2.33. The molecule has 0 saturated heterocycles. The summed E-state index contributed by atoms with van der Waals surface area (Å²) >= 11 is 1.76. The zero-order chi connectivity index (χ0) is 14.3. The summed E-state index contributed by atoms with van der Waals surface area (Å²) in [6.45, 7) is 1.57. The number of sulfonamides is 1. The topological polar surface area (TPSA) is 89.4 Å². The van der Waals surface area contributed by atoms with E-state index >= 15 is 0 Å². The van der Waals surface area contributed by atoms with Crippen LogP contribution in [0.2, 0.25) is 0 Å². The van der Waals surface area contributed by atoms with Crippen LogP contribution < -0.4 is 15.8 Å². The molecule has 0 spiro atoms. The molecule has 0 amide bonds. The molecule has 0 radical (unpaired) electrons. The minimum atomic E-state index is -3.79. The average Bonchev–Trinajstić information content (AvgIpc) is 2.84. The van der Waals surface area contributed by atoms with Crippen LogP contribution in [0.15, 0.2) is 34.5 Å². The van der Waals surface area contributed by atoms with Gasteiger partial charge in [-0.3, -0.25) is 0 Å². The second-order valence-corrected chi connectivity index (χ2v) is 7.31. The Labute approximate surface area is 121 Å². The number of rotatable bonds is 2. The third kappa shape index (κ3) is 2.28. The Balaban J connectivity index is 2.00. The Morgan fingerprint density at radius 1 is 1.25 bits per heavy atom. The van der Waals surface area contributed by atoms with Gasteiger partial charge in [-0.1, -0.05) is 6.07 Å². The summed E-state index contributed by atoms with van der Waals surface area (Å²) in [4.78, 5) is 3.48. The predicted molar refractivity (Wildman–Crippen MR) is 81.3 cm³/mol. The van der Waals surface area contributed by atoms with Crippen LogP contribution in [0.25, 0.3) is 0 Å². The van der Waals surface area contributed by atoms with E-state index in [0.717, 1.165) is 25.2 Å². The van der Waals surface area contributed by atoms with Crippen molar-refractivity contribution in [3.8, 4) is 0 Å². The molecule has 5 nitrogen and oxygen atoms in total. The largest absolute Gasteiger partial charge is 0.396 e. The molecule has 106 valence electrons. The summed E-state index contributed by atoms with van der Waals surface area (Å²) in [6, 6.07) is 7.05. The lowest BCUT2D eigenvalue weighted by Gasteiger charge is -2.30. The van der Waals surface area contributed by atoms with Crippen LogP contribution in [0.5, 0.6) is 0 Å². The number of para-hydroxylation sites is 1. The van der Waals surface area contributed by atoms with Crippen molar-refractivity contribution in [3.05, 3.63) is 40.1 Å². The standard InChI is InChI=1S/C13H15N3O2S2/c14-13-10(2-1-3-12(13)20(15,17)18)16-6-4-11-9(8-16)5-7-19-11/h1-3,5,7H,4,6,8,14H2,(H2,15,17,18). The van der Waals surface area contributed by atoms with Crippen molar-refractivity contribution in [2.75, 3.05) is 17.2 Å². The van der Waals surface area contributed by atoms with Gasteiger partial charge in [0.15, 0.2) is 0 Å². The third-order valence-electron chi connectivity index (χ3n) is 3.50. The molecule has 2 heterocycles. The first kappa shape index (κ1) is 13.4. The van der Waals surface area contributed by atoms with Crippen molar-refractivity contribution in [3.63, 3.8) is 0 Å². The number of primary sulfonamides is 1. The predicted octanol–water partition coefficient (Wildman–Crippen LogP) is 1.54. The van der Waals surface area contributed by atoms with Crippen molar-refractivity contribution in [2.24, 2.45) is 5.14 Å². The van der Waals surface area contributed by atoms with Gasteiger partial charge in [0, 0.05) is 18.0 Å². The van der Waals surface area contributed by atoms with Gasteiger partial charge in [0.05, 0.1) is 11.4 Å². The van der Waals surface area contributed by atoms with Gasteiger partial charge in [-0.2, -0.15) is 0 Å². The first-order chi connectivity index (χ1) is 9.47. The molecule has 0 unspecified atom stereocenters. The van der Waals surface area contributed by atoms with E-state index in [2.05, 4.69) is 16.3 Å². The van der Waals surface area contributed by atoms with E-state index in [1.54, 1.807) is 17.4 Å². The van der Waals surface area contributed by atoms with E-state index in [9.17, 15) is 8.42 Å². The fraction of sp³-hybridized carbons (Fsp3) is 0.231. The van der Waals surface area contributed by atoms with Gasteiger partial charge in [-0.25, -0.2) is 13.6 Å². The summed E-state index contributed by atoms with van der Waals surface area (Å²) in [5.41, 5.74) is 8.24. The Hall–Kier alpha value is -1.57. The van der Waals surface area contributed by atoms with Gasteiger partial charge in [0.2, 0.25) is 10.0 Å². The maximum Gasteiger partial charge on any atom is 0.240 e. The van der Waals surface area contributed by atoms with Crippen molar-refractivity contribution < 1.29 is 8.42 Å². The lowest BCUT2D eigenvalue weighted by atomic mass is 10.1. The SMILES string of the molecule is Nc1c(N2CCc3sccc3C2)cccc1S(N)(=O)=O. The maximum absolute atomic E-state index is 11.5. The van der Waals surface area contributed by atoms with Crippen LogP contribution in [0.1, 0.15) is 10.4 Å². The molecule has 0 saturated carbocycles. The summed E-state index contributed by atoms with van der Waals surface area (Å²) in [5, 5.41) is 7.27. The summed E-state index contributed by atoms with van der Waals surface area (Å²) in [6.07, 6.45) is 0.950. The van der Waals surface area contributed by atoms with Crippen molar-refractivity contribution in [1.29, 1.82) is 0 Å². The van der Waals surface area contributed by atoms with E-state index in [1.165, 1.54) is 16.5 Å². The Morgan fingerprint density at radius 2 is 2.05 bits per heavy atom. The molecule has 0 fully saturated rings. The molecular formula is C13H15N3O2S2. The number of hydrogen-bond acceptors (Lipinski definition) is 5. The zero-order valence-corrected chi connectivity index (χ0v) is 12.4. The smallest absolute Gasteiger partial charge is 0.240 e. The summed E-state index contributed by atoms with van der Waals surface area (Å²) in [5.74, 6) is 0. The fourth-order valence-corrected chi connectivity index (χ4v) is 4.08. The lowest BCUT2D eigenvalue weighted by molar-refractivity contribution is 0.598. The van der Waals surface area contributed by atoms with Gasteiger partial charge in [-0.05, 0) is 35.6 Å². The van der Waals surface area contributed by atoms with Crippen LogP contribution in [-0.2, 0) is 23.0 Å². The number of thiophene rings is 1. The van der Waals surface area contributed by atoms with Gasteiger partial charge >= 0.3 is 0 Å². The Kier molecular flexibility index (Phi) is 3.19. The first-order valence-electron chi connectivity index (χ1n) is 6.18. The molecule has 3 rings (SSSR count). The van der Waals surface area contributed by atoms with Crippen molar-refractivity contribution >= 4 is 32.7 Å². The molecule has 1 aliphatic rings. The van der Waals surface area contributed by atoms with E-state index in [4.69, 9.17) is 10.9 Å². The van der Waals surface area contributed by atoms with E-state index in [1.807, 2.05) is 6.07 Å². The van der Waals surface area contributed by atoms with Gasteiger partial charge in [0.1, 0.15) is 4.90 Å². The third-order valence-corrected chi connectivity index (χ3v) is 5.49. The molecule has 1 aromatic heterocycles. The quantitative estimate of drug-likeness (QED) is 0.824. The highest BCUT2D eigenvalue weighted by Gasteiger charge is 2.22. The van der Waals surface area contributed by atoms with Gasteiger partial charge in [-0.15, -0.1) is 11.3 Å². The highest BCUT2D eigenvalue weighted by atomic mass is 32.2. The second kappa shape index (κ2) is 4.76. The highest BCUT2D eigenvalue weighted by molar-refractivity contribution is 7.89. The lowest BCUT2D eigenvalue weighted by Crippen LogP contribution is -2.30. The molecule has 0 aliphatic carbocycles. The fourth-order valence-electron chi connectivity index (χ4n) is 2.51. The number of nitrogen functional groups attached to an aromatic ring is 1. The molecule has 7 heteroatoms. The van der Waals surface area contributed by atoms with Crippen LogP contribution in [0, 0.1) is 0 Å². The molecule has 20 heavy (non-hydrogen) atoms. The number of anilines is 2. The molecule has 4 N–H and O–H groups in total. The normalized spacial score (nSPS) is 15.2. The van der Waals surface area contributed by atoms with Crippen LogP contribution in [0.3, 0.4) is 0 Å². The van der Waals surface area contributed by atoms with Crippen LogP contribution in [-0.4, -0.2) is 15.0 Å². The van der Waals surface area contributed by atoms with E-state index in [0.29, 0.717) is 0 Å². The number of fused-ring (bicyclic) bond motifs is 1. The molecular weight excluding hydrogens is 294 g/mol. The summed E-state index contributed by atoms with van der Waals surface area (Å²) in [7, 11) is -3.79. The molecule has 0 bridgehead atoms. The first-order valence-corrected chi connectivity index (χ1v) is 8.61. The minimum Gasteiger partial charge on any atom is -0.396 e. The van der Waals surface area contributed by atoms with E-state index in [-0.39, 0.29) is 10.6 Å². The number of nitrogens with zero attached hydrogens (tertiary/aromatic N) is 1. The monoisotopic (exact) mass is 309 g/mol. The van der Waals surface area contributed by atoms with Crippen molar-refractivity contribution in [2.45, 2.75) is 17.9 Å². The zero-order valence-electron chi connectivity index (χ0n) is 10.7. The maximum atomic E-state index is 11.5. The van der Waals surface area contributed by atoms with Crippen molar-refractivity contribution in [1.82, 2.24) is 0 Å². The minimum absolute atomic E-state index is 0.00823. The number of hydrogen-bond donors (Lipinski definition) is 2. The molecule has 1 aliphatic heterocycles. The Bertz CT molecular complexity index is 753. The molecule has 0 atom stereocenters. The van der Waals surface area contributed by atoms with Crippen LogP contribution in [0.4, 0.5) is 11.4 Å². The molecule has 2 aromatic rings. The molecule has 1 aromatic carbocycles. The number of nitrogens with two attached hydrogens (primary N) is 2.